The van der Waals surface area contributed by atoms with Gasteiger partial charge in [-0.1, -0.05) is 17.4 Å². The number of nitro groups is 1. The molecule has 120 valence electrons. The highest BCUT2D eigenvalue weighted by Gasteiger charge is 2.09. The van der Waals surface area contributed by atoms with Gasteiger partial charge in [0.15, 0.2) is 5.13 Å². The molecular formula is C16H10FN3O3S. The van der Waals surface area contributed by atoms with E-state index in [9.17, 15) is 19.3 Å². The number of aromatic nitrogens is 1. The van der Waals surface area contributed by atoms with Crippen LogP contribution in [0.4, 0.5) is 15.2 Å². The summed E-state index contributed by atoms with van der Waals surface area (Å²) >= 11 is 1.17. The van der Waals surface area contributed by atoms with E-state index in [2.05, 4.69) is 10.3 Å². The number of non-ortho nitro benzene ring substituents is 1. The fraction of sp³-hybridized carbons (Fsp3) is 0. The van der Waals surface area contributed by atoms with E-state index in [1.165, 1.54) is 53.8 Å². The van der Waals surface area contributed by atoms with Crippen LogP contribution in [-0.2, 0) is 4.79 Å². The van der Waals surface area contributed by atoms with E-state index >= 15 is 0 Å². The Labute approximate surface area is 139 Å². The number of nitrogens with one attached hydrogen (secondary N) is 1. The third-order valence-corrected chi connectivity index (χ3v) is 4.07. The summed E-state index contributed by atoms with van der Waals surface area (Å²) in [6.45, 7) is 0. The van der Waals surface area contributed by atoms with Crippen molar-refractivity contribution in [3.05, 3.63) is 70.0 Å². The molecule has 3 aromatic rings. The van der Waals surface area contributed by atoms with Gasteiger partial charge in [0, 0.05) is 18.2 Å². The zero-order valence-electron chi connectivity index (χ0n) is 12.1. The maximum Gasteiger partial charge on any atom is 0.269 e. The molecule has 1 amide bonds. The van der Waals surface area contributed by atoms with Crippen LogP contribution in [0.5, 0.6) is 0 Å². The summed E-state index contributed by atoms with van der Waals surface area (Å²) in [5, 5.41) is 13.4. The quantitative estimate of drug-likeness (QED) is 0.441. The van der Waals surface area contributed by atoms with Crippen molar-refractivity contribution in [2.75, 3.05) is 5.32 Å². The molecule has 0 spiro atoms. The van der Waals surface area contributed by atoms with E-state index in [1.54, 1.807) is 12.1 Å². The van der Waals surface area contributed by atoms with Crippen LogP contribution in [0.1, 0.15) is 5.56 Å². The molecule has 1 heterocycles. The van der Waals surface area contributed by atoms with E-state index in [0.717, 1.165) is 0 Å². The average molecular weight is 343 g/mol. The van der Waals surface area contributed by atoms with Crippen molar-refractivity contribution >= 4 is 44.4 Å². The highest BCUT2D eigenvalue weighted by atomic mass is 32.1. The van der Waals surface area contributed by atoms with Gasteiger partial charge in [-0.3, -0.25) is 20.2 Å². The first-order valence-corrected chi connectivity index (χ1v) is 7.63. The summed E-state index contributed by atoms with van der Waals surface area (Å²) in [7, 11) is 0. The molecule has 0 aliphatic heterocycles. The molecule has 0 saturated heterocycles. The molecule has 2 aromatic carbocycles. The third-order valence-electron chi connectivity index (χ3n) is 3.13. The zero-order valence-corrected chi connectivity index (χ0v) is 12.9. The SMILES string of the molecule is O=C(/C=C\c1ccc([N+](=O)[O-])cc1)Nc1nc2c(F)cccc2s1. The molecule has 0 bridgehead atoms. The Hall–Kier alpha value is -3.13. The predicted molar refractivity (Wildman–Crippen MR) is 90.3 cm³/mol. The largest absolute Gasteiger partial charge is 0.298 e. The van der Waals surface area contributed by atoms with Gasteiger partial charge >= 0.3 is 0 Å². The van der Waals surface area contributed by atoms with Crippen molar-refractivity contribution in [2.45, 2.75) is 0 Å². The Morgan fingerprint density at radius 2 is 2.00 bits per heavy atom. The number of nitrogens with zero attached hydrogens (tertiary/aromatic N) is 2. The fourth-order valence-corrected chi connectivity index (χ4v) is 2.88. The monoisotopic (exact) mass is 343 g/mol. The Morgan fingerprint density at radius 1 is 1.25 bits per heavy atom. The molecular weight excluding hydrogens is 333 g/mol. The lowest BCUT2D eigenvalue weighted by molar-refractivity contribution is -0.384. The molecule has 24 heavy (non-hydrogen) atoms. The molecule has 1 N–H and O–H groups in total. The van der Waals surface area contributed by atoms with Crippen LogP contribution in [0.2, 0.25) is 0 Å². The van der Waals surface area contributed by atoms with Gasteiger partial charge in [-0.05, 0) is 35.9 Å². The van der Waals surface area contributed by atoms with Crippen molar-refractivity contribution in [1.82, 2.24) is 4.98 Å². The maximum absolute atomic E-state index is 13.6. The second-order valence-corrected chi connectivity index (χ2v) is 5.81. The number of thiazole rings is 1. The van der Waals surface area contributed by atoms with Gasteiger partial charge in [0.1, 0.15) is 11.3 Å². The molecule has 0 aliphatic carbocycles. The Morgan fingerprint density at radius 3 is 2.67 bits per heavy atom. The van der Waals surface area contributed by atoms with E-state index in [4.69, 9.17) is 0 Å². The smallest absolute Gasteiger partial charge is 0.269 e. The van der Waals surface area contributed by atoms with Crippen LogP contribution < -0.4 is 5.32 Å². The molecule has 1 aromatic heterocycles. The number of anilines is 1. The highest BCUT2D eigenvalue weighted by Crippen LogP contribution is 2.27. The summed E-state index contributed by atoms with van der Waals surface area (Å²) < 4.78 is 14.2. The molecule has 0 unspecified atom stereocenters. The molecule has 0 atom stereocenters. The lowest BCUT2D eigenvalue weighted by Crippen LogP contribution is -2.07. The van der Waals surface area contributed by atoms with Crippen LogP contribution in [0, 0.1) is 15.9 Å². The first kappa shape index (κ1) is 15.8. The number of amides is 1. The fourth-order valence-electron chi connectivity index (χ4n) is 1.99. The number of carbonyl (C=O) groups is 1. The van der Waals surface area contributed by atoms with Crippen LogP contribution >= 0.6 is 11.3 Å². The molecule has 0 saturated carbocycles. The summed E-state index contributed by atoms with van der Waals surface area (Å²) in [5.74, 6) is -0.863. The van der Waals surface area contributed by atoms with Gasteiger partial charge in [-0.2, -0.15) is 0 Å². The van der Waals surface area contributed by atoms with Crippen molar-refractivity contribution in [3.63, 3.8) is 0 Å². The van der Waals surface area contributed by atoms with E-state index in [-0.39, 0.29) is 11.2 Å². The minimum atomic E-state index is -0.494. The average Bonchev–Trinajstić information content (AvgIpc) is 2.97. The Bertz CT molecular complexity index is 951. The highest BCUT2D eigenvalue weighted by molar-refractivity contribution is 7.22. The standard InChI is InChI=1S/C16H10FN3O3S/c17-12-2-1-3-13-15(12)19-16(24-13)18-14(21)9-6-10-4-7-11(8-5-10)20(22)23/h1-9H,(H,18,19,21)/b9-6-. The minimum absolute atomic E-state index is 0.0203. The normalized spacial score (nSPS) is 11.0. The van der Waals surface area contributed by atoms with Gasteiger partial charge in [0.25, 0.3) is 5.69 Å². The Balaban J connectivity index is 1.70. The van der Waals surface area contributed by atoms with Gasteiger partial charge in [0.2, 0.25) is 5.91 Å². The number of para-hydroxylation sites is 1. The number of hydrogen-bond donors (Lipinski definition) is 1. The zero-order chi connectivity index (χ0) is 17.1. The molecule has 8 heteroatoms. The second-order valence-electron chi connectivity index (χ2n) is 4.78. The number of carbonyl (C=O) groups excluding carboxylic acids is 1. The van der Waals surface area contributed by atoms with Gasteiger partial charge in [-0.25, -0.2) is 9.37 Å². The van der Waals surface area contributed by atoms with Crippen molar-refractivity contribution in [3.8, 4) is 0 Å². The van der Waals surface area contributed by atoms with Gasteiger partial charge in [0.05, 0.1) is 9.62 Å². The first-order valence-electron chi connectivity index (χ1n) is 6.81. The van der Waals surface area contributed by atoms with Crippen molar-refractivity contribution in [1.29, 1.82) is 0 Å². The molecule has 0 radical (unpaired) electrons. The maximum atomic E-state index is 13.6. The van der Waals surface area contributed by atoms with Crippen molar-refractivity contribution in [2.24, 2.45) is 0 Å². The van der Waals surface area contributed by atoms with Crippen LogP contribution in [0.3, 0.4) is 0 Å². The second kappa shape index (κ2) is 6.55. The minimum Gasteiger partial charge on any atom is -0.298 e. The van der Waals surface area contributed by atoms with Crippen LogP contribution in [-0.4, -0.2) is 15.8 Å². The molecule has 0 fully saturated rings. The van der Waals surface area contributed by atoms with Crippen LogP contribution in [0.15, 0.2) is 48.5 Å². The van der Waals surface area contributed by atoms with Gasteiger partial charge in [-0.15, -0.1) is 0 Å². The number of rotatable bonds is 4. The molecule has 3 rings (SSSR count). The van der Waals surface area contributed by atoms with Crippen molar-refractivity contribution < 1.29 is 14.1 Å². The first-order chi connectivity index (χ1) is 11.5. The van der Waals surface area contributed by atoms with Gasteiger partial charge < -0.3 is 0 Å². The third kappa shape index (κ3) is 3.44. The summed E-state index contributed by atoms with van der Waals surface area (Å²) in [5.41, 5.74) is 0.844. The molecule has 6 nitrogen and oxygen atoms in total. The number of hydrogen-bond acceptors (Lipinski definition) is 5. The van der Waals surface area contributed by atoms with E-state index in [0.29, 0.717) is 15.4 Å². The number of benzene rings is 2. The topological polar surface area (TPSA) is 85.1 Å². The number of halogens is 1. The summed E-state index contributed by atoms with van der Waals surface area (Å²) in [6.07, 6.45) is 2.80. The lowest BCUT2D eigenvalue weighted by atomic mass is 10.2. The molecule has 0 aliphatic rings. The summed E-state index contributed by atoms with van der Waals surface area (Å²) in [6, 6.07) is 10.4. The Kier molecular flexibility index (Phi) is 4.30. The predicted octanol–water partition coefficient (Wildman–Crippen LogP) is 4.00. The lowest BCUT2D eigenvalue weighted by Gasteiger charge is -1.96. The number of nitro benzene ring substituents is 1. The number of fused-ring (bicyclic) bond motifs is 1. The van der Waals surface area contributed by atoms with Crippen LogP contribution in [0.25, 0.3) is 16.3 Å². The van der Waals surface area contributed by atoms with E-state index in [1.807, 2.05) is 0 Å². The van der Waals surface area contributed by atoms with E-state index < -0.39 is 16.6 Å². The summed E-state index contributed by atoms with van der Waals surface area (Å²) in [4.78, 5) is 26.0.